The number of methoxy groups -OCH3 is 3. The van der Waals surface area contributed by atoms with E-state index in [4.69, 9.17) is 28.4 Å². The van der Waals surface area contributed by atoms with Gasteiger partial charge in [-0.1, -0.05) is 0 Å². The van der Waals surface area contributed by atoms with Crippen LogP contribution in [0.4, 0.5) is 0 Å². The van der Waals surface area contributed by atoms with Gasteiger partial charge in [-0.3, -0.25) is 14.4 Å². The molecule has 4 bridgehead atoms. The maximum absolute atomic E-state index is 13.3. The van der Waals surface area contributed by atoms with Gasteiger partial charge in [0.1, 0.15) is 35.7 Å². The van der Waals surface area contributed by atoms with Crippen LogP contribution in [-0.4, -0.2) is 95.6 Å². The molecule has 12 nitrogen and oxygen atoms in total. The van der Waals surface area contributed by atoms with Crippen molar-refractivity contribution in [3.8, 4) is 23.0 Å². The summed E-state index contributed by atoms with van der Waals surface area (Å²) in [4.78, 5) is 40.2. The fourth-order valence-electron chi connectivity index (χ4n) is 4.30. The molecule has 5 rings (SSSR count). The van der Waals surface area contributed by atoms with Crippen LogP contribution in [0, 0.1) is 0 Å². The lowest BCUT2D eigenvalue weighted by Gasteiger charge is -2.22. The van der Waals surface area contributed by atoms with Gasteiger partial charge in [-0.25, -0.2) is 0 Å². The molecule has 2 atom stereocenters. The number of hydrogen-bond donors (Lipinski definition) is 2. The lowest BCUT2D eigenvalue weighted by atomic mass is 10.1. The highest BCUT2D eigenvalue weighted by Crippen LogP contribution is 2.28. The fraction of sp³-hybridized carbons (Fsp3) is 0.444. The zero-order valence-corrected chi connectivity index (χ0v) is 22.2. The zero-order valence-electron chi connectivity index (χ0n) is 22.2. The molecule has 0 spiro atoms. The van der Waals surface area contributed by atoms with Gasteiger partial charge in [0.15, 0.2) is 6.61 Å². The molecular formula is C27H33N3O9. The Morgan fingerprint density at radius 3 is 2.64 bits per heavy atom. The Morgan fingerprint density at radius 1 is 1.03 bits per heavy atom. The van der Waals surface area contributed by atoms with Crippen molar-refractivity contribution in [3.05, 3.63) is 47.5 Å². The van der Waals surface area contributed by atoms with Gasteiger partial charge in [-0.15, -0.1) is 0 Å². The Labute approximate surface area is 226 Å². The molecule has 2 aromatic rings. The van der Waals surface area contributed by atoms with E-state index in [1.165, 1.54) is 20.3 Å². The number of nitrogens with one attached hydrogen (secondary N) is 2. The Bertz CT molecular complexity index is 1190. The number of likely N-dealkylation sites (tertiary alicyclic amines) is 1. The summed E-state index contributed by atoms with van der Waals surface area (Å²) in [6.07, 6.45) is -0.552. The van der Waals surface area contributed by atoms with Crippen molar-refractivity contribution in [1.29, 1.82) is 0 Å². The Hall–Kier alpha value is -4.03. The van der Waals surface area contributed by atoms with E-state index in [2.05, 4.69) is 10.6 Å². The fourth-order valence-corrected chi connectivity index (χ4v) is 4.30. The normalized spacial score (nSPS) is 19.2. The highest BCUT2D eigenvalue weighted by Gasteiger charge is 2.38. The summed E-state index contributed by atoms with van der Waals surface area (Å²) >= 11 is 0. The van der Waals surface area contributed by atoms with Crippen molar-refractivity contribution in [2.75, 3.05) is 60.8 Å². The van der Waals surface area contributed by atoms with Gasteiger partial charge in [-0.05, 0) is 24.3 Å². The molecular weight excluding hydrogens is 510 g/mol. The molecule has 0 unspecified atom stereocenters. The number of carbonyl (C=O) groups excluding carboxylic acids is 3. The highest BCUT2D eigenvalue weighted by molar-refractivity contribution is 5.95. The molecule has 2 aromatic carbocycles. The van der Waals surface area contributed by atoms with E-state index >= 15 is 0 Å². The summed E-state index contributed by atoms with van der Waals surface area (Å²) in [5, 5.41) is 5.78. The average molecular weight is 544 g/mol. The van der Waals surface area contributed by atoms with Crippen LogP contribution in [-0.2, 0) is 25.6 Å². The first-order valence-electron chi connectivity index (χ1n) is 12.5. The second-order valence-electron chi connectivity index (χ2n) is 9.02. The molecule has 0 saturated carbocycles. The SMILES string of the molecule is COCCOCC(=O)N1C[C@@H]2NC(=O)c3cc(OC)cc(c3)OCC(=O)NCc3ccc(cc3OC)O[C@H]2C1. The van der Waals surface area contributed by atoms with Crippen molar-refractivity contribution >= 4 is 17.7 Å². The summed E-state index contributed by atoms with van der Waals surface area (Å²) in [5.74, 6) is 0.720. The van der Waals surface area contributed by atoms with Gasteiger partial charge < -0.3 is 44.0 Å². The van der Waals surface area contributed by atoms with Crippen LogP contribution < -0.4 is 29.6 Å². The van der Waals surface area contributed by atoms with Gasteiger partial charge in [0.05, 0.1) is 40.0 Å². The Kier molecular flexibility index (Phi) is 9.45. The second-order valence-corrected chi connectivity index (χ2v) is 9.02. The van der Waals surface area contributed by atoms with Crippen LogP contribution in [0.25, 0.3) is 0 Å². The number of benzene rings is 2. The first kappa shape index (κ1) is 28.0. The molecule has 39 heavy (non-hydrogen) atoms. The number of rotatable bonds is 7. The number of carbonyl (C=O) groups is 3. The molecule has 3 aliphatic heterocycles. The molecule has 1 fully saturated rings. The second kappa shape index (κ2) is 13.2. The van der Waals surface area contributed by atoms with E-state index in [1.54, 1.807) is 42.3 Å². The molecule has 0 aliphatic carbocycles. The minimum Gasteiger partial charge on any atom is -0.497 e. The third-order valence-electron chi connectivity index (χ3n) is 6.36. The number of amides is 3. The van der Waals surface area contributed by atoms with Crippen molar-refractivity contribution < 1.29 is 42.8 Å². The van der Waals surface area contributed by atoms with Crippen LogP contribution in [0.2, 0.25) is 0 Å². The standard InChI is InChI=1S/C27H33N3O9/c1-34-6-7-37-16-26(32)30-13-22-24(14-30)39-19-5-4-17(23(11-19)36-3)12-28-25(31)15-38-21-9-18(27(33)29-22)8-20(10-21)35-2/h4-5,8-11,22,24H,6-7,12-16H2,1-3H3,(H,28,31)(H,29,33)/t22-,24-/m0/s1. The van der Waals surface area contributed by atoms with Gasteiger partial charge >= 0.3 is 0 Å². The number of hydrogen-bond acceptors (Lipinski definition) is 9. The first-order chi connectivity index (χ1) is 18.9. The van der Waals surface area contributed by atoms with Crippen LogP contribution in [0.5, 0.6) is 23.0 Å². The molecule has 12 heteroatoms. The summed E-state index contributed by atoms with van der Waals surface area (Å²) < 4.78 is 33.1. The van der Waals surface area contributed by atoms with E-state index in [9.17, 15) is 14.4 Å². The first-order valence-corrected chi connectivity index (χ1v) is 12.5. The molecule has 2 N–H and O–H groups in total. The lowest BCUT2D eigenvalue weighted by molar-refractivity contribution is -0.135. The van der Waals surface area contributed by atoms with E-state index in [0.717, 1.165) is 5.56 Å². The maximum atomic E-state index is 13.3. The molecule has 210 valence electrons. The summed E-state index contributed by atoms with van der Waals surface area (Å²) in [6, 6.07) is 9.41. The summed E-state index contributed by atoms with van der Waals surface area (Å²) in [6.45, 7) is 0.988. The van der Waals surface area contributed by atoms with E-state index < -0.39 is 18.1 Å². The van der Waals surface area contributed by atoms with Crippen molar-refractivity contribution in [2.24, 2.45) is 0 Å². The van der Waals surface area contributed by atoms with E-state index in [1.807, 2.05) is 0 Å². The van der Waals surface area contributed by atoms with Crippen molar-refractivity contribution in [2.45, 2.75) is 18.7 Å². The average Bonchev–Trinajstić information content (AvgIpc) is 3.34. The molecule has 3 heterocycles. The van der Waals surface area contributed by atoms with E-state index in [0.29, 0.717) is 36.2 Å². The highest BCUT2D eigenvalue weighted by atomic mass is 16.5. The summed E-state index contributed by atoms with van der Waals surface area (Å²) in [5.41, 5.74) is 1.01. The molecule has 0 aromatic heterocycles. The third-order valence-corrected chi connectivity index (χ3v) is 6.36. The quantitative estimate of drug-likeness (QED) is 0.486. The smallest absolute Gasteiger partial charge is 0.258 e. The number of ether oxygens (including phenoxy) is 6. The summed E-state index contributed by atoms with van der Waals surface area (Å²) in [7, 11) is 4.56. The topological polar surface area (TPSA) is 134 Å². The van der Waals surface area contributed by atoms with Crippen molar-refractivity contribution in [1.82, 2.24) is 15.5 Å². The van der Waals surface area contributed by atoms with Gasteiger partial charge in [0.2, 0.25) is 5.91 Å². The third kappa shape index (κ3) is 7.30. The monoisotopic (exact) mass is 543 g/mol. The largest absolute Gasteiger partial charge is 0.497 e. The van der Waals surface area contributed by atoms with Crippen LogP contribution in [0.1, 0.15) is 15.9 Å². The van der Waals surface area contributed by atoms with Gasteiger partial charge in [-0.2, -0.15) is 0 Å². The van der Waals surface area contributed by atoms with Crippen molar-refractivity contribution in [3.63, 3.8) is 0 Å². The molecule has 1 saturated heterocycles. The minimum absolute atomic E-state index is 0.110. The predicted molar refractivity (Wildman–Crippen MR) is 138 cm³/mol. The van der Waals surface area contributed by atoms with Gasteiger partial charge in [0, 0.05) is 43.5 Å². The van der Waals surface area contributed by atoms with E-state index in [-0.39, 0.29) is 50.2 Å². The Balaban J connectivity index is 1.62. The Morgan fingerprint density at radius 2 is 1.87 bits per heavy atom. The maximum Gasteiger partial charge on any atom is 0.258 e. The number of nitrogens with zero attached hydrogens (tertiary/aromatic N) is 1. The molecule has 0 radical (unpaired) electrons. The van der Waals surface area contributed by atoms with Crippen LogP contribution >= 0.6 is 0 Å². The van der Waals surface area contributed by atoms with Gasteiger partial charge in [0.25, 0.3) is 11.8 Å². The zero-order chi connectivity index (χ0) is 27.8. The van der Waals surface area contributed by atoms with Crippen LogP contribution in [0.15, 0.2) is 36.4 Å². The lowest BCUT2D eigenvalue weighted by Crippen LogP contribution is -2.45. The molecule has 3 amide bonds. The van der Waals surface area contributed by atoms with Crippen LogP contribution in [0.3, 0.4) is 0 Å². The minimum atomic E-state index is -0.552. The number of fused-ring (bicyclic) bond motifs is 7. The predicted octanol–water partition coefficient (Wildman–Crippen LogP) is 0.764. The molecule has 3 aliphatic rings.